The van der Waals surface area contributed by atoms with E-state index in [-0.39, 0.29) is 17.6 Å². The van der Waals surface area contributed by atoms with Gasteiger partial charge in [0, 0.05) is 38.1 Å². The van der Waals surface area contributed by atoms with Gasteiger partial charge in [0.1, 0.15) is 11.6 Å². The SMILES string of the molecule is CNC(=O)[C@@H]1COC2(CN(Cc3sccc3C)C2)CN1C. The van der Waals surface area contributed by atoms with Crippen molar-refractivity contribution in [2.45, 2.75) is 25.1 Å². The van der Waals surface area contributed by atoms with Crippen molar-refractivity contribution in [2.75, 3.05) is 40.3 Å². The number of nitrogens with zero attached hydrogens (tertiary/aromatic N) is 2. The third kappa shape index (κ3) is 2.85. The van der Waals surface area contributed by atoms with Gasteiger partial charge in [0.25, 0.3) is 0 Å². The van der Waals surface area contributed by atoms with Crippen LogP contribution in [-0.2, 0) is 16.1 Å². The van der Waals surface area contributed by atoms with Crippen molar-refractivity contribution in [3.63, 3.8) is 0 Å². The monoisotopic (exact) mass is 309 g/mol. The number of likely N-dealkylation sites (tertiary alicyclic amines) is 1. The Bertz CT molecular complexity index is 525. The zero-order valence-electron chi connectivity index (χ0n) is 12.9. The average Bonchev–Trinajstić information content (AvgIpc) is 2.82. The highest BCUT2D eigenvalue weighted by atomic mass is 32.1. The van der Waals surface area contributed by atoms with E-state index in [9.17, 15) is 4.79 Å². The number of hydrogen-bond donors (Lipinski definition) is 1. The van der Waals surface area contributed by atoms with E-state index in [1.54, 1.807) is 7.05 Å². The lowest BCUT2D eigenvalue weighted by atomic mass is 9.90. The van der Waals surface area contributed by atoms with Crippen molar-refractivity contribution in [2.24, 2.45) is 0 Å². The Morgan fingerprint density at radius 2 is 2.29 bits per heavy atom. The highest BCUT2D eigenvalue weighted by molar-refractivity contribution is 7.10. The normalized spacial score (nSPS) is 25.8. The van der Waals surface area contributed by atoms with Gasteiger partial charge in [0.15, 0.2) is 0 Å². The van der Waals surface area contributed by atoms with Crippen LogP contribution in [0.2, 0.25) is 0 Å². The second kappa shape index (κ2) is 5.68. The number of thiophene rings is 1. The topological polar surface area (TPSA) is 44.8 Å². The zero-order valence-corrected chi connectivity index (χ0v) is 13.7. The third-order valence-corrected chi connectivity index (χ3v) is 5.53. The third-order valence-electron chi connectivity index (χ3n) is 4.52. The van der Waals surface area contributed by atoms with Gasteiger partial charge in [-0.3, -0.25) is 14.6 Å². The predicted molar refractivity (Wildman–Crippen MR) is 83.5 cm³/mol. The number of carbonyl (C=O) groups excluding carboxylic acids is 1. The number of amides is 1. The van der Waals surface area contributed by atoms with Crippen LogP contribution < -0.4 is 5.32 Å². The number of ether oxygens (including phenoxy) is 1. The van der Waals surface area contributed by atoms with Gasteiger partial charge < -0.3 is 10.1 Å². The Balaban J connectivity index is 1.54. The summed E-state index contributed by atoms with van der Waals surface area (Å²) in [4.78, 5) is 17.8. The first-order chi connectivity index (χ1) is 10.0. The largest absolute Gasteiger partial charge is 0.369 e. The Labute approximate surface area is 129 Å². The zero-order chi connectivity index (χ0) is 15.0. The molecule has 2 aliphatic rings. The summed E-state index contributed by atoms with van der Waals surface area (Å²) in [5.41, 5.74) is 1.30. The summed E-state index contributed by atoms with van der Waals surface area (Å²) in [7, 11) is 3.69. The summed E-state index contributed by atoms with van der Waals surface area (Å²) < 4.78 is 6.05. The second-order valence-corrected chi connectivity index (χ2v) is 7.21. The van der Waals surface area contributed by atoms with Gasteiger partial charge in [-0.05, 0) is 31.0 Å². The number of carbonyl (C=O) groups is 1. The van der Waals surface area contributed by atoms with E-state index in [0.29, 0.717) is 6.61 Å². The molecule has 0 bridgehead atoms. The summed E-state index contributed by atoms with van der Waals surface area (Å²) in [6, 6.07) is 2.02. The molecular weight excluding hydrogens is 286 g/mol. The van der Waals surface area contributed by atoms with Crippen LogP contribution in [0.1, 0.15) is 10.4 Å². The van der Waals surface area contributed by atoms with Crippen molar-refractivity contribution < 1.29 is 9.53 Å². The number of morpholine rings is 1. The first kappa shape index (κ1) is 15.0. The van der Waals surface area contributed by atoms with Gasteiger partial charge in [-0.15, -0.1) is 11.3 Å². The van der Waals surface area contributed by atoms with Gasteiger partial charge in [-0.1, -0.05) is 0 Å². The van der Waals surface area contributed by atoms with Crippen LogP contribution in [0.15, 0.2) is 11.4 Å². The number of rotatable bonds is 3. The van der Waals surface area contributed by atoms with Crippen LogP contribution in [0.4, 0.5) is 0 Å². The fraction of sp³-hybridized carbons (Fsp3) is 0.667. The number of aryl methyl sites for hydroxylation is 1. The molecule has 1 amide bonds. The molecule has 2 fully saturated rings. The molecule has 5 nitrogen and oxygen atoms in total. The highest BCUT2D eigenvalue weighted by Gasteiger charge is 2.49. The molecule has 1 aromatic heterocycles. The summed E-state index contributed by atoms with van der Waals surface area (Å²) in [5, 5.41) is 4.86. The molecule has 1 aromatic rings. The van der Waals surface area contributed by atoms with E-state index in [1.807, 2.05) is 18.4 Å². The van der Waals surface area contributed by atoms with E-state index >= 15 is 0 Å². The lowest BCUT2D eigenvalue weighted by molar-refractivity contribution is -0.198. The molecule has 0 aromatic carbocycles. The van der Waals surface area contributed by atoms with Crippen LogP contribution in [0.5, 0.6) is 0 Å². The first-order valence-electron chi connectivity index (χ1n) is 7.34. The van der Waals surface area contributed by atoms with E-state index in [4.69, 9.17) is 4.74 Å². The summed E-state index contributed by atoms with van der Waals surface area (Å²) in [6.07, 6.45) is 0. The summed E-state index contributed by atoms with van der Waals surface area (Å²) in [6.45, 7) is 6.40. The van der Waals surface area contributed by atoms with Gasteiger partial charge in [0.2, 0.25) is 5.91 Å². The molecule has 0 aliphatic carbocycles. The molecule has 3 heterocycles. The van der Waals surface area contributed by atoms with E-state index in [0.717, 1.165) is 26.2 Å². The fourth-order valence-corrected chi connectivity index (χ4v) is 4.22. The first-order valence-corrected chi connectivity index (χ1v) is 8.22. The van der Waals surface area contributed by atoms with E-state index in [1.165, 1.54) is 10.4 Å². The van der Waals surface area contributed by atoms with Crippen molar-refractivity contribution in [1.29, 1.82) is 0 Å². The Hall–Kier alpha value is -0.950. The standard InChI is InChI=1S/C15H23N3O2S/c1-11-4-5-21-13(11)6-18-9-15(10-18)8-17(3)12(7-20-15)14(19)16-2/h4-5,12H,6-10H2,1-3H3,(H,16,19)/t12-/m0/s1. The Kier molecular flexibility index (Phi) is 4.05. The van der Waals surface area contributed by atoms with Crippen LogP contribution in [0.25, 0.3) is 0 Å². The average molecular weight is 309 g/mol. The van der Waals surface area contributed by atoms with Crippen LogP contribution in [0, 0.1) is 6.92 Å². The van der Waals surface area contributed by atoms with E-state index in [2.05, 4.69) is 33.5 Å². The molecule has 0 saturated carbocycles. The quantitative estimate of drug-likeness (QED) is 0.892. The van der Waals surface area contributed by atoms with Crippen molar-refractivity contribution in [3.8, 4) is 0 Å². The van der Waals surface area contributed by atoms with Crippen molar-refractivity contribution >= 4 is 17.2 Å². The minimum absolute atomic E-state index is 0.0396. The number of nitrogens with one attached hydrogen (secondary N) is 1. The minimum atomic E-state index is -0.158. The number of hydrogen-bond acceptors (Lipinski definition) is 5. The molecule has 3 rings (SSSR count). The van der Waals surface area contributed by atoms with Gasteiger partial charge in [-0.25, -0.2) is 0 Å². The maximum Gasteiger partial charge on any atom is 0.239 e. The maximum atomic E-state index is 11.8. The van der Waals surface area contributed by atoms with Gasteiger partial charge >= 0.3 is 0 Å². The predicted octanol–water partition coefficient (Wildman–Crippen LogP) is 0.688. The number of likely N-dealkylation sites (N-methyl/N-ethyl adjacent to an activating group) is 2. The Morgan fingerprint density at radius 3 is 2.86 bits per heavy atom. The molecule has 0 unspecified atom stereocenters. The molecule has 21 heavy (non-hydrogen) atoms. The molecule has 0 radical (unpaired) electrons. The molecule has 1 spiro atoms. The van der Waals surface area contributed by atoms with Crippen LogP contribution in [0.3, 0.4) is 0 Å². The van der Waals surface area contributed by atoms with Crippen molar-refractivity contribution in [3.05, 3.63) is 21.9 Å². The highest BCUT2D eigenvalue weighted by Crippen LogP contribution is 2.32. The lowest BCUT2D eigenvalue weighted by Gasteiger charge is -2.54. The molecule has 1 atom stereocenters. The van der Waals surface area contributed by atoms with Crippen LogP contribution in [-0.4, -0.2) is 67.7 Å². The second-order valence-electron chi connectivity index (χ2n) is 6.21. The molecule has 116 valence electrons. The summed E-state index contributed by atoms with van der Waals surface area (Å²) in [5.74, 6) is 0.0396. The fourth-order valence-electron chi connectivity index (χ4n) is 3.28. The van der Waals surface area contributed by atoms with E-state index < -0.39 is 0 Å². The molecule has 2 aliphatic heterocycles. The lowest BCUT2D eigenvalue weighted by Crippen LogP contribution is -2.71. The van der Waals surface area contributed by atoms with Crippen molar-refractivity contribution in [1.82, 2.24) is 15.1 Å². The smallest absolute Gasteiger partial charge is 0.239 e. The van der Waals surface area contributed by atoms with Gasteiger partial charge in [0.05, 0.1) is 6.61 Å². The van der Waals surface area contributed by atoms with Crippen LogP contribution >= 0.6 is 11.3 Å². The molecule has 1 N–H and O–H groups in total. The molecule has 6 heteroatoms. The minimum Gasteiger partial charge on any atom is -0.369 e. The summed E-state index contributed by atoms with van der Waals surface area (Å²) >= 11 is 1.82. The molecule has 2 saturated heterocycles. The maximum absolute atomic E-state index is 11.8. The van der Waals surface area contributed by atoms with Gasteiger partial charge in [-0.2, -0.15) is 0 Å². The Morgan fingerprint density at radius 1 is 1.52 bits per heavy atom. The molecular formula is C15H23N3O2S.